The summed E-state index contributed by atoms with van der Waals surface area (Å²) in [5.41, 5.74) is 0.304. The molecule has 2 N–H and O–H groups in total. The highest BCUT2D eigenvalue weighted by molar-refractivity contribution is 6.00. The molecule has 2 aliphatic heterocycles. The van der Waals surface area contributed by atoms with Gasteiger partial charge >= 0.3 is 6.18 Å². The van der Waals surface area contributed by atoms with E-state index in [2.05, 4.69) is 15.6 Å². The zero-order chi connectivity index (χ0) is 22.0. The van der Waals surface area contributed by atoms with E-state index >= 15 is 0 Å². The minimum Gasteiger partial charge on any atom is -0.493 e. The van der Waals surface area contributed by atoms with Crippen LogP contribution in [0.5, 0.6) is 5.75 Å². The molecule has 1 aromatic heterocycles. The zero-order valence-corrected chi connectivity index (χ0v) is 17.2. The molecule has 2 aromatic rings. The molecular formula is C22H24F3N5O. The summed E-state index contributed by atoms with van der Waals surface area (Å²) in [7, 11) is 1.78. The fourth-order valence-electron chi connectivity index (χ4n) is 4.16. The Morgan fingerprint density at radius 1 is 1.26 bits per heavy atom. The lowest BCUT2D eigenvalue weighted by molar-refractivity contribution is -0.139. The predicted molar refractivity (Wildman–Crippen MR) is 110 cm³/mol. The lowest BCUT2D eigenvalue weighted by Gasteiger charge is -2.25. The summed E-state index contributed by atoms with van der Waals surface area (Å²) in [4.78, 5) is 4.23. The Bertz CT molecular complexity index is 1020. The Morgan fingerprint density at radius 3 is 2.74 bits per heavy atom. The summed E-state index contributed by atoms with van der Waals surface area (Å²) in [6.07, 6.45) is -0.0132. The molecule has 9 heteroatoms. The molecule has 0 aliphatic carbocycles. The monoisotopic (exact) mass is 431 g/mol. The van der Waals surface area contributed by atoms with E-state index in [0.29, 0.717) is 22.9 Å². The number of fused-ring (bicyclic) bond motifs is 1. The molecule has 1 fully saturated rings. The van der Waals surface area contributed by atoms with Crippen molar-refractivity contribution < 1.29 is 17.9 Å². The number of hydrogen-bond donors (Lipinski definition) is 2. The number of halogens is 3. The van der Waals surface area contributed by atoms with Gasteiger partial charge in [0.1, 0.15) is 17.6 Å². The number of nitrogens with one attached hydrogen (secondary N) is 2. The molecule has 0 bridgehead atoms. The second kappa shape index (κ2) is 8.63. The van der Waals surface area contributed by atoms with E-state index in [9.17, 15) is 18.4 Å². The Balaban J connectivity index is 1.58. The summed E-state index contributed by atoms with van der Waals surface area (Å²) < 4.78 is 48.8. The molecule has 0 radical (unpaired) electrons. The van der Waals surface area contributed by atoms with Crippen LogP contribution in [0.1, 0.15) is 42.0 Å². The van der Waals surface area contributed by atoms with Crippen LogP contribution in [-0.4, -0.2) is 30.1 Å². The molecule has 0 saturated carbocycles. The van der Waals surface area contributed by atoms with Crippen LogP contribution in [0.3, 0.4) is 0 Å². The maximum Gasteiger partial charge on any atom is 0.419 e. The first-order valence-corrected chi connectivity index (χ1v) is 10.3. The van der Waals surface area contributed by atoms with Crippen LogP contribution in [0.4, 0.5) is 19.0 Å². The van der Waals surface area contributed by atoms with Crippen molar-refractivity contribution in [3.63, 3.8) is 0 Å². The highest BCUT2D eigenvalue weighted by Crippen LogP contribution is 2.41. The number of benzene rings is 1. The molecule has 1 atom stereocenters. The van der Waals surface area contributed by atoms with Crippen molar-refractivity contribution in [3.05, 3.63) is 47.2 Å². The summed E-state index contributed by atoms with van der Waals surface area (Å²) in [5, 5.41) is 15.5. The number of alkyl halides is 3. The molecule has 2 aliphatic rings. The van der Waals surface area contributed by atoms with Crippen molar-refractivity contribution in [2.45, 2.75) is 31.5 Å². The fraction of sp³-hybridized carbons (Fsp3) is 0.455. The number of amidine groups is 1. The van der Waals surface area contributed by atoms with Crippen molar-refractivity contribution in [1.29, 1.82) is 5.26 Å². The standard InChI is InChI=1S/C22H24F3N5O/c1-30-10-6-16-20(28-19(13-26)29-21(16)30)15-2-3-18(17(12-15)22(23,24)25)31-11-7-14-4-8-27-9-5-14/h2-3,6,10,12,14,20,27H,4-5,7-9,11H2,1H3,(H,28,29). The third kappa shape index (κ3) is 4.54. The summed E-state index contributed by atoms with van der Waals surface area (Å²) in [5.74, 6) is 0.927. The van der Waals surface area contributed by atoms with Gasteiger partial charge in [-0.15, -0.1) is 0 Å². The Morgan fingerprint density at radius 2 is 2.03 bits per heavy atom. The van der Waals surface area contributed by atoms with E-state index in [1.807, 2.05) is 6.07 Å². The molecule has 164 valence electrons. The van der Waals surface area contributed by atoms with Gasteiger partial charge in [-0.25, -0.2) is 4.99 Å². The van der Waals surface area contributed by atoms with Crippen molar-refractivity contribution in [2.24, 2.45) is 18.0 Å². The first kappa shape index (κ1) is 21.2. The van der Waals surface area contributed by atoms with E-state index in [1.54, 1.807) is 29.9 Å². The van der Waals surface area contributed by atoms with Crippen molar-refractivity contribution in [3.8, 4) is 11.8 Å². The quantitative estimate of drug-likeness (QED) is 0.749. The van der Waals surface area contributed by atoms with Gasteiger partial charge in [0.2, 0.25) is 5.84 Å². The number of nitrogens with zero attached hydrogens (tertiary/aromatic N) is 3. The minimum absolute atomic E-state index is 0.0650. The Labute approximate surface area is 178 Å². The van der Waals surface area contributed by atoms with Crippen LogP contribution < -0.4 is 15.4 Å². The number of nitriles is 1. The van der Waals surface area contributed by atoms with Crippen LogP contribution in [0.25, 0.3) is 0 Å². The summed E-state index contributed by atoms with van der Waals surface area (Å²) in [6, 6.07) is 7.24. The van der Waals surface area contributed by atoms with Crippen molar-refractivity contribution >= 4 is 11.7 Å². The van der Waals surface area contributed by atoms with Gasteiger partial charge in [0.05, 0.1) is 18.2 Å². The Kier molecular flexibility index (Phi) is 5.92. The average Bonchev–Trinajstić information content (AvgIpc) is 3.14. The van der Waals surface area contributed by atoms with Gasteiger partial charge < -0.3 is 19.9 Å². The molecular weight excluding hydrogens is 407 g/mol. The normalized spacial score (nSPS) is 19.2. The average molecular weight is 431 g/mol. The highest BCUT2D eigenvalue weighted by atomic mass is 19.4. The largest absolute Gasteiger partial charge is 0.493 e. The van der Waals surface area contributed by atoms with Gasteiger partial charge in [0, 0.05) is 18.8 Å². The maximum absolute atomic E-state index is 13.8. The molecule has 0 spiro atoms. The van der Waals surface area contributed by atoms with Crippen LogP contribution >= 0.6 is 0 Å². The van der Waals surface area contributed by atoms with Gasteiger partial charge in [-0.3, -0.25) is 0 Å². The second-order valence-corrected chi connectivity index (χ2v) is 7.94. The van der Waals surface area contributed by atoms with E-state index in [1.165, 1.54) is 6.07 Å². The topological polar surface area (TPSA) is 74.4 Å². The predicted octanol–water partition coefficient (Wildman–Crippen LogP) is 4.06. The first-order chi connectivity index (χ1) is 14.9. The Hall–Kier alpha value is -2.99. The van der Waals surface area contributed by atoms with Crippen LogP contribution in [0.2, 0.25) is 0 Å². The molecule has 0 amide bonds. The third-order valence-electron chi connectivity index (χ3n) is 5.87. The fourth-order valence-corrected chi connectivity index (χ4v) is 4.16. The maximum atomic E-state index is 13.8. The van der Waals surface area contributed by atoms with Crippen LogP contribution in [0.15, 0.2) is 35.5 Å². The zero-order valence-electron chi connectivity index (χ0n) is 17.2. The summed E-state index contributed by atoms with van der Waals surface area (Å²) in [6.45, 7) is 2.14. The molecule has 1 aromatic carbocycles. The molecule has 31 heavy (non-hydrogen) atoms. The van der Waals surface area contributed by atoms with Crippen LogP contribution in [0, 0.1) is 17.2 Å². The van der Waals surface area contributed by atoms with Gasteiger partial charge in [-0.1, -0.05) is 6.07 Å². The van der Waals surface area contributed by atoms with Gasteiger partial charge in [-0.2, -0.15) is 18.4 Å². The first-order valence-electron chi connectivity index (χ1n) is 10.3. The lowest BCUT2D eigenvalue weighted by Crippen LogP contribution is -2.31. The van der Waals surface area contributed by atoms with E-state index in [0.717, 1.165) is 38.4 Å². The molecule has 1 unspecified atom stereocenters. The number of ether oxygens (including phenoxy) is 1. The number of aryl methyl sites for hydroxylation is 1. The number of aliphatic imine (C=N–C) groups is 1. The van der Waals surface area contributed by atoms with Gasteiger partial charge in [0.15, 0.2) is 0 Å². The number of hydrogen-bond acceptors (Lipinski definition) is 5. The molecule has 4 rings (SSSR count). The SMILES string of the molecule is Cn1ccc2c1N=C(C#N)NC2c1ccc(OCCC2CCNCC2)c(C(F)(F)F)c1. The van der Waals surface area contributed by atoms with Crippen molar-refractivity contribution in [1.82, 2.24) is 15.2 Å². The number of aromatic nitrogens is 1. The highest BCUT2D eigenvalue weighted by Gasteiger charge is 2.36. The van der Waals surface area contributed by atoms with Gasteiger partial charge in [-0.05, 0) is 62.0 Å². The molecule has 1 saturated heterocycles. The molecule has 6 nitrogen and oxygen atoms in total. The van der Waals surface area contributed by atoms with E-state index in [4.69, 9.17) is 4.74 Å². The molecule has 3 heterocycles. The van der Waals surface area contributed by atoms with Gasteiger partial charge in [0.25, 0.3) is 0 Å². The van der Waals surface area contributed by atoms with Crippen LogP contribution in [-0.2, 0) is 13.2 Å². The lowest BCUT2D eigenvalue weighted by atomic mass is 9.95. The second-order valence-electron chi connectivity index (χ2n) is 7.94. The summed E-state index contributed by atoms with van der Waals surface area (Å²) >= 11 is 0. The van der Waals surface area contributed by atoms with E-state index in [-0.39, 0.29) is 18.2 Å². The third-order valence-corrected chi connectivity index (χ3v) is 5.87. The van der Waals surface area contributed by atoms with E-state index < -0.39 is 17.8 Å². The minimum atomic E-state index is -4.56. The number of piperidine rings is 1. The number of rotatable bonds is 5. The van der Waals surface area contributed by atoms with Crippen molar-refractivity contribution in [2.75, 3.05) is 19.7 Å². The smallest absolute Gasteiger partial charge is 0.419 e.